The molecule has 0 saturated heterocycles. The molecule has 0 spiro atoms. The highest BCUT2D eigenvalue weighted by molar-refractivity contribution is 6.31. The molecule has 3 rings (SSSR count). The Hall–Kier alpha value is -2.07. The molecular formula is C19H18ClF2NO. The van der Waals surface area contributed by atoms with Gasteiger partial charge in [-0.25, -0.2) is 8.78 Å². The molecule has 126 valence electrons. The van der Waals surface area contributed by atoms with Crippen LogP contribution in [0.25, 0.3) is 22.0 Å². The molecule has 3 aromatic rings. The summed E-state index contributed by atoms with van der Waals surface area (Å²) >= 11 is 6.11. The molecule has 1 heterocycles. The molecule has 0 bridgehead atoms. The van der Waals surface area contributed by atoms with Crippen LogP contribution in [0.5, 0.6) is 5.75 Å². The first-order chi connectivity index (χ1) is 11.6. The second-order valence-corrected chi connectivity index (χ2v) is 6.01. The van der Waals surface area contributed by atoms with E-state index in [1.165, 1.54) is 12.1 Å². The van der Waals surface area contributed by atoms with E-state index in [0.717, 1.165) is 23.9 Å². The lowest BCUT2D eigenvalue weighted by atomic mass is 10.0. The minimum atomic E-state index is -0.696. The molecule has 5 heteroatoms. The number of benzene rings is 2. The smallest absolute Gasteiger partial charge is 0.191 e. The average molecular weight is 350 g/mol. The maximum Gasteiger partial charge on any atom is 0.191 e. The summed E-state index contributed by atoms with van der Waals surface area (Å²) in [6, 6.07) is 8.19. The van der Waals surface area contributed by atoms with Crippen LogP contribution in [0.3, 0.4) is 0 Å². The van der Waals surface area contributed by atoms with E-state index in [1.54, 1.807) is 13.0 Å². The number of aromatic nitrogens is 1. The zero-order chi connectivity index (χ0) is 17.3. The molecule has 24 heavy (non-hydrogen) atoms. The monoisotopic (exact) mass is 349 g/mol. The first-order valence-corrected chi connectivity index (χ1v) is 8.34. The zero-order valence-electron chi connectivity index (χ0n) is 13.6. The quantitative estimate of drug-likeness (QED) is 0.547. The lowest BCUT2D eigenvalue weighted by Gasteiger charge is -2.09. The van der Waals surface area contributed by atoms with Gasteiger partial charge in [0.25, 0.3) is 0 Å². The van der Waals surface area contributed by atoms with Gasteiger partial charge in [0.15, 0.2) is 17.4 Å². The van der Waals surface area contributed by atoms with E-state index in [0.29, 0.717) is 16.1 Å². The largest absolute Gasteiger partial charge is 0.488 e. The minimum absolute atomic E-state index is 0.199. The van der Waals surface area contributed by atoms with Crippen LogP contribution in [0.1, 0.15) is 20.3 Å². The summed E-state index contributed by atoms with van der Waals surface area (Å²) in [7, 11) is 0. The Balaban J connectivity index is 2.25. The summed E-state index contributed by atoms with van der Waals surface area (Å²) in [5.74, 6) is -1.71. The van der Waals surface area contributed by atoms with Crippen molar-refractivity contribution in [2.75, 3.05) is 6.61 Å². The fourth-order valence-corrected chi connectivity index (χ4v) is 3.09. The summed E-state index contributed by atoms with van der Waals surface area (Å²) in [5, 5.41) is 1.50. The number of nitrogens with zero attached hydrogens (tertiary/aromatic N) is 1. The Bertz CT molecular complexity index is 889. The summed E-state index contributed by atoms with van der Waals surface area (Å²) in [5.41, 5.74) is 1.96. The molecule has 0 aliphatic carbocycles. The van der Waals surface area contributed by atoms with Gasteiger partial charge in [-0.1, -0.05) is 24.6 Å². The Kier molecular flexibility index (Phi) is 4.76. The Morgan fingerprint density at radius 2 is 1.88 bits per heavy atom. The maximum atomic E-state index is 14.8. The second-order valence-electron chi connectivity index (χ2n) is 5.57. The zero-order valence-corrected chi connectivity index (χ0v) is 14.3. The standard InChI is InChI=1S/C19H18ClF2NO/c1-3-9-23-11-15(13-6-5-12(20)10-17(13)23)14-7-8-16(21)19(18(14)22)24-4-2/h5-8,10-11H,3-4,9H2,1-2H3. The van der Waals surface area contributed by atoms with Gasteiger partial charge in [0, 0.05) is 34.3 Å². The van der Waals surface area contributed by atoms with E-state index in [-0.39, 0.29) is 12.4 Å². The van der Waals surface area contributed by atoms with Crippen molar-refractivity contribution in [1.82, 2.24) is 4.57 Å². The van der Waals surface area contributed by atoms with E-state index < -0.39 is 11.6 Å². The summed E-state index contributed by atoms with van der Waals surface area (Å²) < 4.78 is 35.8. The van der Waals surface area contributed by atoms with E-state index in [1.807, 2.05) is 22.9 Å². The molecule has 0 aliphatic rings. The minimum Gasteiger partial charge on any atom is -0.488 e. The summed E-state index contributed by atoms with van der Waals surface area (Å²) in [4.78, 5) is 0. The Morgan fingerprint density at radius 3 is 2.58 bits per heavy atom. The lowest BCUT2D eigenvalue weighted by molar-refractivity contribution is 0.303. The third kappa shape index (κ3) is 2.86. The van der Waals surface area contributed by atoms with Crippen LogP contribution in [0.15, 0.2) is 36.5 Å². The normalized spacial score (nSPS) is 11.2. The number of fused-ring (bicyclic) bond motifs is 1. The molecule has 1 aromatic heterocycles. The van der Waals surface area contributed by atoms with Crippen LogP contribution in [-0.2, 0) is 6.54 Å². The SMILES string of the molecule is CCCn1cc(-c2ccc(F)c(OCC)c2F)c2ccc(Cl)cc21. The van der Waals surface area contributed by atoms with Crippen molar-refractivity contribution in [3.8, 4) is 16.9 Å². The van der Waals surface area contributed by atoms with E-state index in [4.69, 9.17) is 16.3 Å². The first kappa shape index (κ1) is 16.8. The van der Waals surface area contributed by atoms with Crippen molar-refractivity contribution in [3.63, 3.8) is 0 Å². The average Bonchev–Trinajstić information content (AvgIpc) is 2.90. The van der Waals surface area contributed by atoms with E-state index >= 15 is 0 Å². The third-order valence-corrected chi connectivity index (χ3v) is 4.17. The van der Waals surface area contributed by atoms with Crippen molar-refractivity contribution < 1.29 is 13.5 Å². The number of halogens is 3. The molecule has 0 radical (unpaired) electrons. The van der Waals surface area contributed by atoms with Crippen LogP contribution in [0.4, 0.5) is 8.78 Å². The van der Waals surface area contributed by atoms with Gasteiger partial charge in [0.2, 0.25) is 0 Å². The molecule has 0 aliphatic heterocycles. The Labute approximate surface area is 144 Å². The van der Waals surface area contributed by atoms with Crippen molar-refractivity contribution in [2.24, 2.45) is 0 Å². The summed E-state index contributed by atoms with van der Waals surface area (Å²) in [6.07, 6.45) is 2.82. The van der Waals surface area contributed by atoms with Gasteiger partial charge in [-0.2, -0.15) is 0 Å². The number of rotatable bonds is 5. The third-order valence-electron chi connectivity index (χ3n) is 3.94. The van der Waals surface area contributed by atoms with Crippen LogP contribution < -0.4 is 4.74 Å². The highest BCUT2D eigenvalue weighted by Gasteiger charge is 2.19. The van der Waals surface area contributed by atoms with Gasteiger partial charge in [-0.3, -0.25) is 0 Å². The van der Waals surface area contributed by atoms with Gasteiger partial charge in [-0.05, 0) is 37.6 Å². The van der Waals surface area contributed by atoms with Crippen LogP contribution in [-0.4, -0.2) is 11.2 Å². The lowest BCUT2D eigenvalue weighted by Crippen LogP contribution is -1.99. The van der Waals surface area contributed by atoms with Gasteiger partial charge < -0.3 is 9.30 Å². The molecule has 0 atom stereocenters. The highest BCUT2D eigenvalue weighted by Crippen LogP contribution is 2.37. The first-order valence-electron chi connectivity index (χ1n) is 7.96. The highest BCUT2D eigenvalue weighted by atomic mass is 35.5. The van der Waals surface area contributed by atoms with Crippen molar-refractivity contribution in [2.45, 2.75) is 26.8 Å². The van der Waals surface area contributed by atoms with Crippen molar-refractivity contribution >= 4 is 22.5 Å². The number of hydrogen-bond donors (Lipinski definition) is 0. The van der Waals surface area contributed by atoms with Crippen LogP contribution in [0.2, 0.25) is 5.02 Å². The molecule has 2 aromatic carbocycles. The van der Waals surface area contributed by atoms with Gasteiger partial charge in [-0.15, -0.1) is 0 Å². The van der Waals surface area contributed by atoms with E-state index in [9.17, 15) is 8.78 Å². The van der Waals surface area contributed by atoms with Crippen LogP contribution >= 0.6 is 11.6 Å². The second kappa shape index (κ2) is 6.81. The maximum absolute atomic E-state index is 14.8. The van der Waals surface area contributed by atoms with E-state index in [2.05, 4.69) is 6.92 Å². The number of ether oxygens (including phenoxy) is 1. The Morgan fingerprint density at radius 1 is 1.08 bits per heavy atom. The molecule has 0 unspecified atom stereocenters. The topological polar surface area (TPSA) is 14.2 Å². The fraction of sp³-hybridized carbons (Fsp3) is 0.263. The molecule has 0 fully saturated rings. The predicted molar refractivity (Wildman–Crippen MR) is 93.8 cm³/mol. The summed E-state index contributed by atoms with van der Waals surface area (Å²) in [6.45, 7) is 4.75. The molecule has 0 N–H and O–H groups in total. The fourth-order valence-electron chi connectivity index (χ4n) is 2.92. The number of hydrogen-bond acceptors (Lipinski definition) is 1. The number of aryl methyl sites for hydroxylation is 1. The van der Waals surface area contributed by atoms with Crippen molar-refractivity contribution in [3.05, 3.63) is 53.2 Å². The van der Waals surface area contributed by atoms with Crippen LogP contribution in [0, 0.1) is 11.6 Å². The molecular weight excluding hydrogens is 332 g/mol. The molecule has 0 amide bonds. The van der Waals surface area contributed by atoms with Gasteiger partial charge in [0.1, 0.15) is 0 Å². The molecule has 0 saturated carbocycles. The predicted octanol–water partition coefficient (Wildman–Crippen LogP) is 6.05. The molecule has 2 nitrogen and oxygen atoms in total. The van der Waals surface area contributed by atoms with Gasteiger partial charge >= 0.3 is 0 Å². The van der Waals surface area contributed by atoms with Crippen molar-refractivity contribution in [1.29, 1.82) is 0 Å². The van der Waals surface area contributed by atoms with Gasteiger partial charge in [0.05, 0.1) is 12.1 Å².